The summed E-state index contributed by atoms with van der Waals surface area (Å²) in [6.07, 6.45) is -3.32. The zero-order valence-electron chi connectivity index (χ0n) is 15.2. The van der Waals surface area contributed by atoms with Gasteiger partial charge in [0.2, 0.25) is 0 Å². The number of pyridine rings is 1. The fourth-order valence-electron chi connectivity index (χ4n) is 2.46. The number of hydrogen-bond acceptors (Lipinski definition) is 5. The summed E-state index contributed by atoms with van der Waals surface area (Å²) < 4.78 is 66.6. The number of carbonyl (C=O) groups is 1. The molecule has 1 amide bonds. The first-order chi connectivity index (χ1) is 14.3. The molecule has 0 aliphatic carbocycles. The molecule has 3 rings (SSSR count). The molecular formula is C19H14F5N5O. The predicted octanol–water partition coefficient (Wildman–Crippen LogP) is 3.68. The highest BCUT2D eigenvalue weighted by Gasteiger charge is 2.34. The summed E-state index contributed by atoms with van der Waals surface area (Å²) in [7, 11) is 0. The third-order valence-corrected chi connectivity index (χ3v) is 3.82. The Bertz CT molecular complexity index is 1020. The minimum absolute atomic E-state index is 0.0578. The maximum absolute atomic E-state index is 13.6. The van der Waals surface area contributed by atoms with Crippen molar-refractivity contribution in [2.45, 2.75) is 6.18 Å². The Balaban J connectivity index is 1.70. The molecule has 0 saturated heterocycles. The van der Waals surface area contributed by atoms with Gasteiger partial charge in [-0.1, -0.05) is 12.1 Å². The predicted molar refractivity (Wildman–Crippen MR) is 97.4 cm³/mol. The van der Waals surface area contributed by atoms with Crippen LogP contribution in [0.4, 0.5) is 27.8 Å². The molecule has 2 heterocycles. The van der Waals surface area contributed by atoms with Gasteiger partial charge in [-0.15, -0.1) is 0 Å². The maximum Gasteiger partial charge on any atom is 0.433 e. The van der Waals surface area contributed by atoms with E-state index in [-0.39, 0.29) is 30.4 Å². The van der Waals surface area contributed by atoms with Crippen molar-refractivity contribution < 1.29 is 26.7 Å². The number of halogens is 5. The topological polar surface area (TPSA) is 79.8 Å². The van der Waals surface area contributed by atoms with Crippen molar-refractivity contribution in [2.75, 3.05) is 18.4 Å². The van der Waals surface area contributed by atoms with Gasteiger partial charge in [0, 0.05) is 25.4 Å². The smallest absolute Gasteiger partial charge is 0.368 e. The maximum atomic E-state index is 13.6. The van der Waals surface area contributed by atoms with Crippen molar-refractivity contribution in [1.82, 2.24) is 20.3 Å². The molecule has 0 radical (unpaired) electrons. The minimum Gasteiger partial charge on any atom is -0.368 e. The van der Waals surface area contributed by atoms with Crippen LogP contribution in [-0.4, -0.2) is 33.9 Å². The monoisotopic (exact) mass is 423 g/mol. The van der Waals surface area contributed by atoms with E-state index in [2.05, 4.69) is 25.6 Å². The van der Waals surface area contributed by atoms with Crippen LogP contribution in [0.5, 0.6) is 0 Å². The number of rotatable bonds is 6. The number of nitrogens with one attached hydrogen (secondary N) is 2. The van der Waals surface area contributed by atoms with Gasteiger partial charge < -0.3 is 10.6 Å². The van der Waals surface area contributed by atoms with E-state index in [1.54, 1.807) is 12.1 Å². The molecule has 1 aromatic carbocycles. The van der Waals surface area contributed by atoms with Gasteiger partial charge in [0.15, 0.2) is 11.5 Å². The van der Waals surface area contributed by atoms with Gasteiger partial charge in [-0.25, -0.2) is 18.7 Å². The van der Waals surface area contributed by atoms with E-state index in [1.165, 1.54) is 12.3 Å². The number of alkyl halides is 3. The lowest BCUT2D eigenvalue weighted by molar-refractivity contribution is -0.141. The average Bonchev–Trinajstić information content (AvgIpc) is 2.71. The lowest BCUT2D eigenvalue weighted by Crippen LogP contribution is -2.30. The van der Waals surface area contributed by atoms with Gasteiger partial charge in [0.1, 0.15) is 28.7 Å². The number of benzene rings is 1. The fourth-order valence-corrected chi connectivity index (χ4v) is 2.46. The van der Waals surface area contributed by atoms with Gasteiger partial charge in [0.25, 0.3) is 5.91 Å². The Kier molecular flexibility index (Phi) is 6.19. The number of hydrogen-bond donors (Lipinski definition) is 2. The van der Waals surface area contributed by atoms with Gasteiger partial charge in [0.05, 0.1) is 0 Å². The van der Waals surface area contributed by atoms with Crippen LogP contribution in [-0.2, 0) is 6.18 Å². The molecule has 156 valence electrons. The fraction of sp³-hybridized carbons (Fsp3) is 0.158. The zero-order valence-corrected chi connectivity index (χ0v) is 15.2. The van der Waals surface area contributed by atoms with Crippen LogP contribution in [0.2, 0.25) is 0 Å². The molecule has 2 aromatic heterocycles. The van der Waals surface area contributed by atoms with Crippen molar-refractivity contribution in [3.63, 3.8) is 0 Å². The summed E-state index contributed by atoms with van der Waals surface area (Å²) in [5.41, 5.74) is -1.76. The van der Waals surface area contributed by atoms with E-state index in [0.29, 0.717) is 6.07 Å². The number of anilines is 1. The van der Waals surface area contributed by atoms with E-state index in [9.17, 15) is 26.7 Å². The molecule has 0 saturated carbocycles. The van der Waals surface area contributed by atoms with E-state index in [4.69, 9.17) is 0 Å². The summed E-state index contributed by atoms with van der Waals surface area (Å²) in [5.74, 6) is -3.41. The Morgan fingerprint density at radius 2 is 1.70 bits per heavy atom. The summed E-state index contributed by atoms with van der Waals surface area (Å²) in [6.45, 7) is -0.186. The summed E-state index contributed by atoms with van der Waals surface area (Å²) in [6, 6.07) is 8.35. The second kappa shape index (κ2) is 8.80. The third-order valence-electron chi connectivity index (χ3n) is 3.82. The standard InChI is InChI=1S/C19H14F5N5O/c20-11-4-3-5-12(21)16(11)18(30)27-9-8-26-15-10-14(19(22,23)24)28-17(29-15)13-6-1-2-7-25-13/h1-7,10H,8-9H2,(H,27,30)(H,26,28,29). The van der Waals surface area contributed by atoms with Crippen LogP contribution >= 0.6 is 0 Å². The second-order valence-corrected chi connectivity index (χ2v) is 5.95. The van der Waals surface area contributed by atoms with Gasteiger partial charge >= 0.3 is 6.18 Å². The molecule has 0 unspecified atom stereocenters. The Morgan fingerprint density at radius 1 is 0.967 bits per heavy atom. The normalized spacial score (nSPS) is 11.2. The number of amides is 1. The molecule has 0 bridgehead atoms. The van der Waals surface area contributed by atoms with Crippen molar-refractivity contribution in [1.29, 1.82) is 0 Å². The third kappa shape index (κ3) is 5.04. The average molecular weight is 423 g/mol. The molecule has 30 heavy (non-hydrogen) atoms. The Hall–Kier alpha value is -3.63. The molecular weight excluding hydrogens is 409 g/mol. The molecule has 6 nitrogen and oxygen atoms in total. The van der Waals surface area contributed by atoms with Crippen molar-refractivity contribution in [3.05, 3.63) is 71.6 Å². The van der Waals surface area contributed by atoms with Crippen molar-refractivity contribution >= 4 is 11.7 Å². The molecule has 0 atom stereocenters. The zero-order chi connectivity index (χ0) is 21.7. The summed E-state index contributed by atoms with van der Waals surface area (Å²) >= 11 is 0. The first kappa shape index (κ1) is 21.1. The van der Waals surface area contributed by atoms with Crippen LogP contribution in [0, 0.1) is 11.6 Å². The lowest BCUT2D eigenvalue weighted by Gasteiger charge is -2.12. The second-order valence-electron chi connectivity index (χ2n) is 5.95. The number of carbonyl (C=O) groups excluding carboxylic acids is 1. The highest BCUT2D eigenvalue weighted by molar-refractivity contribution is 5.94. The first-order valence-corrected chi connectivity index (χ1v) is 8.59. The van der Waals surface area contributed by atoms with E-state index in [0.717, 1.165) is 18.2 Å². The van der Waals surface area contributed by atoms with Crippen molar-refractivity contribution in [3.8, 4) is 11.5 Å². The van der Waals surface area contributed by atoms with Gasteiger partial charge in [-0.3, -0.25) is 9.78 Å². The van der Waals surface area contributed by atoms with Crippen LogP contribution < -0.4 is 10.6 Å². The molecule has 11 heteroatoms. The number of nitrogens with zero attached hydrogens (tertiary/aromatic N) is 3. The Labute approximate surface area is 167 Å². The molecule has 2 N–H and O–H groups in total. The molecule has 3 aromatic rings. The SMILES string of the molecule is O=C(NCCNc1cc(C(F)(F)F)nc(-c2ccccn2)n1)c1c(F)cccc1F. The summed E-state index contributed by atoms with van der Waals surface area (Å²) in [4.78, 5) is 23.4. The molecule has 0 aliphatic heterocycles. The van der Waals surface area contributed by atoms with E-state index < -0.39 is 35.0 Å². The largest absolute Gasteiger partial charge is 0.433 e. The lowest BCUT2D eigenvalue weighted by atomic mass is 10.2. The molecule has 0 spiro atoms. The van der Waals surface area contributed by atoms with Crippen LogP contribution in [0.1, 0.15) is 16.1 Å². The molecule has 0 fully saturated rings. The molecule has 0 aliphatic rings. The van der Waals surface area contributed by atoms with Crippen LogP contribution in [0.3, 0.4) is 0 Å². The number of aromatic nitrogens is 3. The van der Waals surface area contributed by atoms with Crippen LogP contribution in [0.15, 0.2) is 48.7 Å². The van der Waals surface area contributed by atoms with Gasteiger partial charge in [-0.05, 0) is 24.3 Å². The quantitative estimate of drug-likeness (QED) is 0.467. The Morgan fingerprint density at radius 3 is 2.33 bits per heavy atom. The summed E-state index contributed by atoms with van der Waals surface area (Å²) in [5, 5.41) is 4.90. The highest BCUT2D eigenvalue weighted by atomic mass is 19.4. The van der Waals surface area contributed by atoms with Gasteiger partial charge in [-0.2, -0.15) is 13.2 Å². The van der Waals surface area contributed by atoms with Crippen LogP contribution in [0.25, 0.3) is 11.5 Å². The minimum atomic E-state index is -4.71. The first-order valence-electron chi connectivity index (χ1n) is 8.59. The van der Waals surface area contributed by atoms with E-state index >= 15 is 0 Å². The van der Waals surface area contributed by atoms with E-state index in [1.807, 2.05) is 0 Å². The van der Waals surface area contributed by atoms with Crippen molar-refractivity contribution in [2.24, 2.45) is 0 Å². The highest BCUT2D eigenvalue weighted by Crippen LogP contribution is 2.30.